The largest absolute Gasteiger partial charge is 0.493 e. The third-order valence-corrected chi connectivity index (χ3v) is 3.87. The van der Waals surface area contributed by atoms with Gasteiger partial charge in [-0.2, -0.15) is 5.10 Å². The Morgan fingerprint density at radius 1 is 1.21 bits per heavy atom. The molecule has 0 aliphatic heterocycles. The lowest BCUT2D eigenvalue weighted by atomic mass is 10.1. The average Bonchev–Trinajstić information content (AvgIpc) is 3.20. The van der Waals surface area contributed by atoms with E-state index in [0.717, 1.165) is 22.5 Å². The zero-order chi connectivity index (χ0) is 16.7. The first-order valence-electron chi connectivity index (χ1n) is 7.41. The number of aryl methyl sites for hydroxylation is 1. The Balaban J connectivity index is 1.93. The van der Waals surface area contributed by atoms with Crippen molar-refractivity contribution in [2.24, 2.45) is 0 Å². The average molecular weight is 323 g/mol. The molecular weight excluding hydrogens is 309 g/mol. The van der Waals surface area contributed by atoms with Gasteiger partial charge in [0.25, 0.3) is 0 Å². The highest BCUT2D eigenvalue weighted by Crippen LogP contribution is 2.36. The van der Waals surface area contributed by atoms with E-state index < -0.39 is 5.82 Å². The van der Waals surface area contributed by atoms with Gasteiger partial charge in [0.15, 0.2) is 17.2 Å². The minimum atomic E-state index is -0.427. The van der Waals surface area contributed by atoms with Gasteiger partial charge in [-0.1, -0.05) is 6.07 Å². The van der Waals surface area contributed by atoms with Gasteiger partial charge < -0.3 is 9.15 Å². The molecule has 0 atom stereocenters. The Labute approximate surface area is 137 Å². The molecule has 3 heterocycles. The van der Waals surface area contributed by atoms with Crippen LogP contribution in [0, 0.1) is 12.7 Å². The highest BCUT2D eigenvalue weighted by molar-refractivity contribution is 5.94. The summed E-state index contributed by atoms with van der Waals surface area (Å²) in [5, 5.41) is 7.89. The molecule has 4 rings (SSSR count). The van der Waals surface area contributed by atoms with Gasteiger partial charge in [-0.05, 0) is 37.3 Å². The second-order valence-corrected chi connectivity index (χ2v) is 5.42. The Morgan fingerprint density at radius 2 is 2.08 bits per heavy atom. The van der Waals surface area contributed by atoms with E-state index in [1.807, 2.05) is 25.1 Å². The number of hydrogen-bond acceptors (Lipinski definition) is 4. The first-order valence-corrected chi connectivity index (χ1v) is 7.41. The molecule has 24 heavy (non-hydrogen) atoms. The van der Waals surface area contributed by atoms with Crippen molar-refractivity contribution in [1.29, 1.82) is 0 Å². The molecule has 6 heteroatoms. The molecule has 0 unspecified atom stereocenters. The fraction of sp³-hybridized carbons (Fsp3) is 0.111. The summed E-state index contributed by atoms with van der Waals surface area (Å²) < 4.78 is 24.9. The lowest BCUT2D eigenvalue weighted by Gasteiger charge is -2.08. The molecule has 0 amide bonds. The van der Waals surface area contributed by atoms with Crippen LogP contribution in [0.1, 0.15) is 5.76 Å². The fourth-order valence-corrected chi connectivity index (χ4v) is 2.74. The Hall–Kier alpha value is -3.15. The van der Waals surface area contributed by atoms with Crippen molar-refractivity contribution in [3.8, 4) is 28.3 Å². The van der Waals surface area contributed by atoms with Gasteiger partial charge in [0, 0.05) is 22.7 Å². The maximum absolute atomic E-state index is 14.0. The summed E-state index contributed by atoms with van der Waals surface area (Å²) in [6.45, 7) is 1.89. The standard InChI is InChI=1S/C18H14FN3O2/c1-10-6-7-15(24-10)11-8-13-16(21-22-18(13)20-9-11)12-4-3-5-14(19)17(12)23-2/h3-9H,1-2H3,(H,20,21,22). The van der Waals surface area contributed by atoms with Gasteiger partial charge in [-0.15, -0.1) is 0 Å². The number of ether oxygens (including phenoxy) is 1. The second kappa shape index (κ2) is 5.49. The number of nitrogens with one attached hydrogen (secondary N) is 1. The van der Waals surface area contributed by atoms with Crippen LogP contribution in [0.5, 0.6) is 5.75 Å². The number of H-pyrrole nitrogens is 1. The SMILES string of the molecule is COc1c(F)cccc1-c1[nH]nc2ncc(-c3ccc(C)o3)cc12. The molecule has 3 aromatic heterocycles. The summed E-state index contributed by atoms with van der Waals surface area (Å²) in [6.07, 6.45) is 1.70. The van der Waals surface area contributed by atoms with E-state index in [4.69, 9.17) is 9.15 Å². The first-order chi connectivity index (χ1) is 11.7. The fourth-order valence-electron chi connectivity index (χ4n) is 2.74. The van der Waals surface area contributed by atoms with Crippen LogP contribution in [0.4, 0.5) is 4.39 Å². The molecule has 1 N–H and O–H groups in total. The van der Waals surface area contributed by atoms with Crippen LogP contribution in [0.3, 0.4) is 0 Å². The Bertz CT molecular complexity index is 1040. The molecule has 4 aromatic rings. The number of fused-ring (bicyclic) bond motifs is 1. The predicted molar refractivity (Wildman–Crippen MR) is 88.3 cm³/mol. The molecular formula is C18H14FN3O2. The van der Waals surface area contributed by atoms with Gasteiger partial charge in [-0.25, -0.2) is 9.37 Å². The maximum Gasteiger partial charge on any atom is 0.181 e. The van der Waals surface area contributed by atoms with Gasteiger partial charge >= 0.3 is 0 Å². The summed E-state index contributed by atoms with van der Waals surface area (Å²) >= 11 is 0. The number of para-hydroxylation sites is 1. The molecule has 0 saturated carbocycles. The summed E-state index contributed by atoms with van der Waals surface area (Å²) in [5.74, 6) is 1.29. The Morgan fingerprint density at radius 3 is 2.83 bits per heavy atom. The van der Waals surface area contributed by atoms with Gasteiger partial charge in [0.05, 0.1) is 12.8 Å². The van der Waals surface area contributed by atoms with Crippen LogP contribution in [0.2, 0.25) is 0 Å². The first kappa shape index (κ1) is 14.4. The number of aromatic amines is 1. The third-order valence-electron chi connectivity index (χ3n) is 3.87. The van der Waals surface area contributed by atoms with E-state index in [-0.39, 0.29) is 5.75 Å². The zero-order valence-corrected chi connectivity index (χ0v) is 13.1. The second-order valence-electron chi connectivity index (χ2n) is 5.42. The summed E-state index contributed by atoms with van der Waals surface area (Å²) in [4.78, 5) is 4.35. The molecule has 0 fully saturated rings. The molecule has 5 nitrogen and oxygen atoms in total. The molecule has 0 radical (unpaired) electrons. The van der Waals surface area contributed by atoms with Crippen molar-refractivity contribution in [3.05, 3.63) is 54.2 Å². The van der Waals surface area contributed by atoms with E-state index in [2.05, 4.69) is 15.2 Å². The van der Waals surface area contributed by atoms with E-state index in [1.165, 1.54) is 13.2 Å². The van der Waals surface area contributed by atoms with Crippen LogP contribution in [-0.2, 0) is 0 Å². The summed E-state index contributed by atoms with van der Waals surface area (Å²) in [6, 6.07) is 10.5. The summed E-state index contributed by atoms with van der Waals surface area (Å²) in [5.41, 5.74) is 2.62. The van der Waals surface area contributed by atoms with Crippen molar-refractivity contribution >= 4 is 11.0 Å². The Kier molecular flexibility index (Phi) is 3.30. The minimum absolute atomic E-state index is 0.169. The number of rotatable bonds is 3. The molecule has 0 aliphatic rings. The molecule has 0 spiro atoms. The lowest BCUT2D eigenvalue weighted by molar-refractivity contribution is 0.388. The number of methoxy groups -OCH3 is 1. The molecule has 120 valence electrons. The molecule has 0 aliphatic carbocycles. The number of hydrogen-bond donors (Lipinski definition) is 1. The lowest BCUT2D eigenvalue weighted by Crippen LogP contribution is -1.92. The topological polar surface area (TPSA) is 63.9 Å². The predicted octanol–water partition coefficient (Wildman–Crippen LogP) is 4.34. The molecule has 0 bridgehead atoms. The molecule has 1 aromatic carbocycles. The molecule has 0 saturated heterocycles. The van der Waals surface area contributed by atoms with Crippen LogP contribution in [0.15, 0.2) is 47.0 Å². The number of nitrogens with zero attached hydrogens (tertiary/aromatic N) is 2. The van der Waals surface area contributed by atoms with Crippen molar-refractivity contribution in [2.45, 2.75) is 6.92 Å². The van der Waals surface area contributed by atoms with Crippen molar-refractivity contribution in [3.63, 3.8) is 0 Å². The quantitative estimate of drug-likeness (QED) is 0.609. The van der Waals surface area contributed by atoms with Crippen LogP contribution < -0.4 is 4.74 Å². The number of pyridine rings is 1. The number of furan rings is 1. The van der Waals surface area contributed by atoms with E-state index in [1.54, 1.807) is 18.3 Å². The van der Waals surface area contributed by atoms with E-state index in [0.29, 0.717) is 16.9 Å². The normalized spacial score (nSPS) is 11.1. The van der Waals surface area contributed by atoms with Crippen LogP contribution in [-0.4, -0.2) is 22.3 Å². The van der Waals surface area contributed by atoms with Crippen molar-refractivity contribution in [2.75, 3.05) is 7.11 Å². The van der Waals surface area contributed by atoms with E-state index >= 15 is 0 Å². The summed E-state index contributed by atoms with van der Waals surface area (Å²) in [7, 11) is 1.44. The van der Waals surface area contributed by atoms with Gasteiger partial charge in [0.2, 0.25) is 0 Å². The van der Waals surface area contributed by atoms with E-state index in [9.17, 15) is 4.39 Å². The van der Waals surface area contributed by atoms with Gasteiger partial charge in [-0.3, -0.25) is 5.10 Å². The maximum atomic E-state index is 14.0. The number of aromatic nitrogens is 3. The van der Waals surface area contributed by atoms with Gasteiger partial charge in [0.1, 0.15) is 11.5 Å². The highest BCUT2D eigenvalue weighted by Gasteiger charge is 2.17. The number of benzene rings is 1. The van der Waals surface area contributed by atoms with Crippen molar-refractivity contribution < 1.29 is 13.5 Å². The smallest absolute Gasteiger partial charge is 0.181 e. The van der Waals surface area contributed by atoms with Crippen LogP contribution in [0.25, 0.3) is 33.6 Å². The highest BCUT2D eigenvalue weighted by atomic mass is 19.1. The van der Waals surface area contributed by atoms with Crippen molar-refractivity contribution in [1.82, 2.24) is 15.2 Å². The number of halogens is 1. The van der Waals surface area contributed by atoms with Crippen LogP contribution >= 0.6 is 0 Å². The zero-order valence-electron chi connectivity index (χ0n) is 13.1. The monoisotopic (exact) mass is 323 g/mol. The minimum Gasteiger partial charge on any atom is -0.493 e. The third kappa shape index (κ3) is 2.23.